The van der Waals surface area contributed by atoms with Gasteiger partial charge in [-0.2, -0.15) is 31.1 Å². The predicted octanol–water partition coefficient (Wildman–Crippen LogP) is 7.71. The van der Waals surface area contributed by atoms with Gasteiger partial charge in [0.2, 0.25) is 0 Å². The van der Waals surface area contributed by atoms with Crippen LogP contribution in [0, 0.1) is 6.92 Å². The van der Waals surface area contributed by atoms with Gasteiger partial charge in [-0.15, -0.1) is 5.10 Å². The summed E-state index contributed by atoms with van der Waals surface area (Å²) in [5.74, 6) is 0.0462. The lowest BCUT2D eigenvalue weighted by Gasteiger charge is -2.44. The zero-order chi connectivity index (χ0) is 31.7. The van der Waals surface area contributed by atoms with Crippen LogP contribution in [0.25, 0.3) is 0 Å². The van der Waals surface area contributed by atoms with Crippen molar-refractivity contribution in [2.24, 2.45) is 0 Å². The lowest BCUT2D eigenvalue weighted by Crippen LogP contribution is -2.48. The minimum atomic E-state index is -5.00. The summed E-state index contributed by atoms with van der Waals surface area (Å²) >= 11 is 0. The van der Waals surface area contributed by atoms with E-state index in [0.717, 1.165) is 5.56 Å². The van der Waals surface area contributed by atoms with Crippen molar-refractivity contribution < 1.29 is 35.9 Å². The summed E-state index contributed by atoms with van der Waals surface area (Å²) < 4.78 is 87.8. The minimum Gasteiger partial charge on any atom is -0.446 e. The molecule has 14 heteroatoms. The molecular weight excluding hydrogens is 578 g/mol. The quantitative estimate of drug-likeness (QED) is 0.243. The van der Waals surface area contributed by atoms with E-state index in [4.69, 9.17) is 4.74 Å². The Kier molecular flexibility index (Phi) is 9.26. The first kappa shape index (κ1) is 32.1. The van der Waals surface area contributed by atoms with E-state index >= 15 is 0 Å². The third-order valence-electron chi connectivity index (χ3n) is 7.17. The second-order valence-electron chi connectivity index (χ2n) is 10.9. The summed E-state index contributed by atoms with van der Waals surface area (Å²) in [7, 11) is 0. The smallest absolute Gasteiger partial charge is 0.416 e. The fraction of sp³-hybridized carbons (Fsp3) is 0.517. The van der Waals surface area contributed by atoms with Crippen molar-refractivity contribution in [3.05, 3.63) is 64.2 Å². The molecule has 1 aromatic heterocycles. The number of carbonyl (C=O) groups is 1. The van der Waals surface area contributed by atoms with Crippen LogP contribution in [-0.4, -0.2) is 38.4 Å². The molecule has 2 aromatic carbocycles. The number of nitrogens with zero attached hydrogens (tertiary/aromatic N) is 6. The SMILES string of the molecule is CCCn1nnc(N(Cc2cc(C(F)(F)F)cc(C(F)(F)F)c2)[C@H]2C[C@@H](CC)N(C(=O)OC(C)C)c3ccc(C)cc32)n1. The van der Waals surface area contributed by atoms with Gasteiger partial charge >= 0.3 is 18.4 Å². The molecule has 0 radical (unpaired) electrons. The molecule has 0 aliphatic carbocycles. The van der Waals surface area contributed by atoms with Crippen molar-refractivity contribution in [3.63, 3.8) is 0 Å². The van der Waals surface area contributed by atoms with Gasteiger partial charge in [0.15, 0.2) is 0 Å². The van der Waals surface area contributed by atoms with Crippen molar-refractivity contribution in [3.8, 4) is 0 Å². The number of tetrazole rings is 1. The number of carbonyl (C=O) groups excluding carboxylic acids is 1. The highest BCUT2D eigenvalue weighted by atomic mass is 19.4. The van der Waals surface area contributed by atoms with Crippen LogP contribution in [0.1, 0.15) is 80.8 Å². The Hall–Kier alpha value is -3.84. The molecular formula is C29H34F6N6O2. The first-order valence-electron chi connectivity index (χ1n) is 14.1. The first-order chi connectivity index (χ1) is 20.1. The van der Waals surface area contributed by atoms with E-state index in [9.17, 15) is 31.1 Å². The van der Waals surface area contributed by atoms with Crippen LogP contribution in [0.3, 0.4) is 0 Å². The Balaban J connectivity index is 1.89. The lowest BCUT2D eigenvalue weighted by molar-refractivity contribution is -0.143. The summed E-state index contributed by atoms with van der Waals surface area (Å²) in [5, 5.41) is 12.6. The van der Waals surface area contributed by atoms with Gasteiger partial charge in [0, 0.05) is 12.6 Å². The first-order valence-corrected chi connectivity index (χ1v) is 14.1. The number of alkyl halides is 6. The molecule has 234 valence electrons. The fourth-order valence-corrected chi connectivity index (χ4v) is 5.27. The van der Waals surface area contributed by atoms with Gasteiger partial charge in [0.25, 0.3) is 5.95 Å². The molecule has 0 unspecified atom stereocenters. The van der Waals surface area contributed by atoms with Gasteiger partial charge in [-0.1, -0.05) is 36.6 Å². The van der Waals surface area contributed by atoms with Crippen molar-refractivity contribution in [1.82, 2.24) is 20.2 Å². The van der Waals surface area contributed by atoms with Crippen molar-refractivity contribution >= 4 is 17.7 Å². The van der Waals surface area contributed by atoms with E-state index < -0.39 is 41.7 Å². The number of benzene rings is 2. The molecule has 8 nitrogen and oxygen atoms in total. The van der Waals surface area contributed by atoms with Gasteiger partial charge in [-0.3, -0.25) is 4.90 Å². The summed E-state index contributed by atoms with van der Waals surface area (Å²) in [4.78, 5) is 17.7. The predicted molar refractivity (Wildman–Crippen MR) is 147 cm³/mol. The van der Waals surface area contributed by atoms with Crippen LogP contribution in [-0.2, 0) is 30.2 Å². The number of rotatable bonds is 8. The molecule has 0 N–H and O–H groups in total. The molecule has 0 bridgehead atoms. The zero-order valence-corrected chi connectivity index (χ0v) is 24.5. The number of hydrogen-bond donors (Lipinski definition) is 0. The Morgan fingerprint density at radius 3 is 2.26 bits per heavy atom. The lowest BCUT2D eigenvalue weighted by atomic mass is 9.87. The topological polar surface area (TPSA) is 76.4 Å². The third kappa shape index (κ3) is 7.21. The standard InChI is InChI=1S/C29H34F6N6O2/c1-6-10-40-37-26(36-38-40)39(16-19-12-20(28(30,31)32)14-21(13-19)29(33,34)35)25-15-22(7-2)41(27(42)43-17(3)4)24-9-8-18(5)11-23(24)25/h8-9,11-14,17,22,25H,6-7,10,15-16H2,1-5H3/t22-,25+/m1/s1. The van der Waals surface area contributed by atoms with E-state index in [-0.39, 0.29) is 36.6 Å². The number of anilines is 2. The third-order valence-corrected chi connectivity index (χ3v) is 7.17. The normalized spacial score (nSPS) is 17.3. The molecule has 0 saturated carbocycles. The highest BCUT2D eigenvalue weighted by Gasteiger charge is 2.41. The van der Waals surface area contributed by atoms with E-state index in [1.807, 2.05) is 32.9 Å². The molecule has 0 saturated heterocycles. The molecule has 0 fully saturated rings. The highest BCUT2D eigenvalue weighted by Crippen LogP contribution is 2.44. The van der Waals surface area contributed by atoms with Crippen molar-refractivity contribution in [2.75, 3.05) is 9.80 Å². The zero-order valence-electron chi connectivity index (χ0n) is 24.5. The number of aromatic nitrogens is 4. The molecule has 1 amide bonds. The summed E-state index contributed by atoms with van der Waals surface area (Å²) in [5.41, 5.74) is -1.03. The van der Waals surface area contributed by atoms with Crippen LogP contribution in [0.2, 0.25) is 0 Å². The molecule has 43 heavy (non-hydrogen) atoms. The maximum Gasteiger partial charge on any atom is 0.416 e. The largest absolute Gasteiger partial charge is 0.446 e. The van der Waals surface area contributed by atoms with Gasteiger partial charge in [-0.05, 0) is 80.6 Å². The second kappa shape index (κ2) is 12.4. The second-order valence-corrected chi connectivity index (χ2v) is 10.9. The highest BCUT2D eigenvalue weighted by molar-refractivity contribution is 5.90. The Morgan fingerprint density at radius 2 is 1.70 bits per heavy atom. The van der Waals surface area contributed by atoms with E-state index in [0.29, 0.717) is 42.8 Å². The van der Waals surface area contributed by atoms with Crippen LogP contribution >= 0.6 is 0 Å². The number of ether oxygens (including phenoxy) is 1. The van der Waals surface area contributed by atoms with Crippen LogP contribution in [0.5, 0.6) is 0 Å². The summed E-state index contributed by atoms with van der Waals surface area (Å²) in [6.07, 6.45) is -9.46. The van der Waals surface area contributed by atoms with Gasteiger partial charge in [-0.25, -0.2) is 4.79 Å². The van der Waals surface area contributed by atoms with E-state index in [1.54, 1.807) is 29.7 Å². The molecule has 2 atom stereocenters. The Bertz CT molecular complexity index is 1410. The number of fused-ring (bicyclic) bond motifs is 1. The van der Waals surface area contributed by atoms with E-state index in [2.05, 4.69) is 15.4 Å². The summed E-state index contributed by atoms with van der Waals surface area (Å²) in [6, 6.07) is 5.95. The number of halogens is 6. The van der Waals surface area contributed by atoms with Crippen molar-refractivity contribution in [2.45, 2.75) is 97.5 Å². The fourth-order valence-electron chi connectivity index (χ4n) is 5.27. The molecule has 1 aliphatic rings. The number of amides is 1. The number of aryl methyl sites for hydroxylation is 2. The van der Waals surface area contributed by atoms with Crippen LogP contribution < -0.4 is 9.80 Å². The van der Waals surface area contributed by atoms with Crippen LogP contribution in [0.4, 0.5) is 42.8 Å². The Morgan fingerprint density at radius 1 is 1.05 bits per heavy atom. The van der Waals surface area contributed by atoms with Crippen molar-refractivity contribution in [1.29, 1.82) is 0 Å². The van der Waals surface area contributed by atoms with Crippen LogP contribution in [0.15, 0.2) is 36.4 Å². The molecule has 3 aromatic rings. The average Bonchev–Trinajstić information content (AvgIpc) is 3.38. The van der Waals surface area contributed by atoms with E-state index in [1.165, 1.54) is 4.80 Å². The molecule has 4 rings (SSSR count). The molecule has 1 aliphatic heterocycles. The minimum absolute atomic E-state index is 0.0462. The van der Waals surface area contributed by atoms with Gasteiger partial charge < -0.3 is 9.64 Å². The maximum atomic E-state index is 13.7. The van der Waals surface area contributed by atoms with Gasteiger partial charge in [0.1, 0.15) is 0 Å². The summed E-state index contributed by atoms with van der Waals surface area (Å²) in [6.45, 7) is 9.14. The average molecular weight is 613 g/mol. The monoisotopic (exact) mass is 612 g/mol. The Labute approximate surface area is 245 Å². The molecule has 0 spiro atoms. The van der Waals surface area contributed by atoms with Gasteiger partial charge in [0.05, 0.1) is 35.5 Å². The number of hydrogen-bond acceptors (Lipinski definition) is 6. The molecule has 2 heterocycles. The maximum absolute atomic E-state index is 13.7.